The number of aliphatic imine (C=N–C) groups is 2. The molecule has 35 nitrogen and oxygen atoms in total. The number of fused-ring (bicyclic) bond motifs is 1. The average Bonchev–Trinajstić information content (AvgIpc) is 1.81. The van der Waals surface area contributed by atoms with Crippen LogP contribution in [0.15, 0.2) is 40.4 Å². The molecule has 99 heavy (non-hydrogen) atoms. The van der Waals surface area contributed by atoms with Gasteiger partial charge in [-0.1, -0.05) is 80.0 Å². The van der Waals surface area contributed by atoms with E-state index < -0.39 is 168 Å². The fraction of sp³-hybridized carbons (Fsp3) is 0.625. The summed E-state index contributed by atoms with van der Waals surface area (Å²) in [6.07, 6.45) is 0.183. The van der Waals surface area contributed by atoms with Crippen molar-refractivity contribution in [2.45, 2.75) is 206 Å². The summed E-state index contributed by atoms with van der Waals surface area (Å²) in [5.41, 5.74) is 34.6. The van der Waals surface area contributed by atoms with Gasteiger partial charge in [-0.25, -0.2) is 0 Å². The summed E-state index contributed by atoms with van der Waals surface area (Å²) in [6.45, 7) is 14.1. The first kappa shape index (κ1) is 83.1. The second-order valence-corrected chi connectivity index (χ2v) is 26.0. The Labute approximate surface area is 575 Å². The summed E-state index contributed by atoms with van der Waals surface area (Å²) in [5, 5.41) is 32.1. The van der Waals surface area contributed by atoms with Gasteiger partial charge in [-0.3, -0.25) is 77.1 Å². The highest BCUT2D eigenvalue weighted by molar-refractivity contribution is 6.00. The van der Waals surface area contributed by atoms with E-state index in [-0.39, 0.29) is 114 Å². The van der Waals surface area contributed by atoms with E-state index in [1.807, 2.05) is 24.3 Å². The van der Waals surface area contributed by atoms with Gasteiger partial charge in [0.1, 0.15) is 60.4 Å². The number of hydrogen-bond acceptors (Lipinski definition) is 16. The summed E-state index contributed by atoms with van der Waals surface area (Å²) in [5.74, 6) is -13.9. The maximum absolute atomic E-state index is 14.9. The zero-order valence-electron chi connectivity index (χ0n) is 58.1. The Morgan fingerprint density at radius 3 is 1.70 bits per heavy atom. The van der Waals surface area contributed by atoms with E-state index in [1.165, 1.54) is 6.92 Å². The van der Waals surface area contributed by atoms with Crippen LogP contribution in [0.4, 0.5) is 0 Å². The molecule has 1 aromatic carbocycles. The van der Waals surface area contributed by atoms with E-state index in [4.69, 9.17) is 34.4 Å². The van der Waals surface area contributed by atoms with Crippen LogP contribution in [0.3, 0.4) is 0 Å². The number of hydrogen-bond donors (Lipinski definition) is 19. The molecule has 3 rings (SSSR count). The number of amides is 14. The van der Waals surface area contributed by atoms with E-state index >= 15 is 0 Å². The van der Waals surface area contributed by atoms with Crippen LogP contribution in [0.5, 0.6) is 0 Å². The Bertz CT molecular complexity index is 3200. The summed E-state index contributed by atoms with van der Waals surface area (Å²) in [7, 11) is 0. The van der Waals surface area contributed by atoms with Crippen LogP contribution < -0.4 is 98.2 Å². The first-order valence-electron chi connectivity index (χ1n) is 33.4. The number of aromatic amines is 1. The minimum atomic E-state index is -1.83. The number of H-pyrrole nitrogens is 1. The van der Waals surface area contributed by atoms with Crippen LogP contribution in [0.25, 0.3) is 10.9 Å². The molecule has 1 aliphatic rings. The third-order valence-corrected chi connectivity index (χ3v) is 15.9. The first-order valence-corrected chi connectivity index (χ1v) is 33.4. The lowest BCUT2D eigenvalue weighted by molar-refractivity contribution is -0.137. The summed E-state index contributed by atoms with van der Waals surface area (Å²) >= 11 is 0. The fourth-order valence-corrected chi connectivity index (χ4v) is 10.6. The smallest absolute Gasteiger partial charge is 0.245 e. The van der Waals surface area contributed by atoms with Crippen LogP contribution in [-0.4, -0.2) is 186 Å². The molecule has 0 saturated carbocycles. The molecule has 1 aromatic heterocycles. The summed E-state index contributed by atoms with van der Waals surface area (Å²) in [4.78, 5) is 204. The van der Waals surface area contributed by atoms with Gasteiger partial charge >= 0.3 is 0 Å². The third-order valence-electron chi connectivity index (χ3n) is 15.9. The number of carbonyl (C=O) groups excluding carboxylic acids is 14. The molecule has 1 unspecified atom stereocenters. The predicted molar refractivity (Wildman–Crippen MR) is 368 cm³/mol. The van der Waals surface area contributed by atoms with E-state index in [0.717, 1.165) is 16.5 Å². The number of carbonyl (C=O) groups is 14. The number of guanidine groups is 2. The Hall–Kier alpha value is -10.1. The lowest BCUT2D eigenvalue weighted by Gasteiger charge is -2.30. The zero-order valence-corrected chi connectivity index (χ0v) is 58.1. The second-order valence-electron chi connectivity index (χ2n) is 26.0. The first-order chi connectivity index (χ1) is 46.6. The van der Waals surface area contributed by atoms with Crippen molar-refractivity contribution in [2.75, 3.05) is 26.2 Å². The quantitative estimate of drug-likeness (QED) is 0.0172. The van der Waals surface area contributed by atoms with E-state index in [1.54, 1.807) is 61.6 Å². The lowest BCUT2D eigenvalue weighted by atomic mass is 9.96. The highest BCUT2D eigenvalue weighted by Gasteiger charge is 2.38. The SMILES string of the molecule is CC[C@H](C)[C@@H]1NC(=O)C[C@H](NC(=O)[C@H](CCCN=C(N)N)NC(=O)CCNC(=O)[C@H](Cc2c[nH]c3ccccc23)NC(C)=O)C(=O)NCC(C(=O)N[C@@H](CCCN=C(N)N)C(=O)N[C@@H](CC(C)C)C(=O)N[C@@H](CC(C)C)C(=O)N[C@@H](CCC(N)=O)C(N)=O)NC(=O)[C@H](CC(C)C)NC1=O. The van der Waals surface area contributed by atoms with Crippen LogP contribution in [0.1, 0.15) is 145 Å². The Morgan fingerprint density at radius 2 is 1.16 bits per heavy atom. The van der Waals surface area contributed by atoms with Crippen LogP contribution in [0.2, 0.25) is 0 Å². The molecular formula is C64H105N21O14. The standard InChI is InChI=1S/C64H105N21O14/c1-10-35(8)52-62(99)83-45(27-34(6)7)60(97)84-48(61(98)79-42(18-14-23-73-64(69)70)57(94)80-44(26-33(4)5)59(96)81-43(25-32(2)3)58(95)78-40(53(66)90)19-20-49(65)87)31-75-55(92)47(29-51(89)85-52)82-56(93)41(17-13-22-72-63(67)68)77-50(88)21-24-71-54(91)46(76-36(9)86)28-37-30-74-39-16-12-11-15-38(37)39/h11-12,15-16,30,32-35,40-48,52,74H,10,13-14,17-29,31H2,1-9H3,(H2,65,87)(H2,66,90)(H,71,91)(H,75,92)(H,76,86)(H,77,88)(H,78,95)(H,79,98)(H,80,94)(H,81,96)(H,82,93)(H,83,99)(H,84,97)(H,85,89)(H4,67,68,72)(H4,69,70,73)/t35-,40-,41-,42-,43-,44-,45-,46-,47-,48?,52-/m0/s1. The Kier molecular flexibility index (Phi) is 35.1. The molecule has 0 aliphatic carbocycles. The van der Waals surface area contributed by atoms with Gasteiger partial charge in [0.05, 0.1) is 6.42 Å². The zero-order chi connectivity index (χ0) is 74.2. The number of primary amides is 2. The molecule has 550 valence electrons. The molecule has 2 aromatic rings. The highest BCUT2D eigenvalue weighted by atomic mass is 16.2. The molecule has 11 atom stereocenters. The lowest BCUT2D eigenvalue weighted by Crippen LogP contribution is -2.63. The minimum Gasteiger partial charge on any atom is -0.370 e. The van der Waals surface area contributed by atoms with E-state index in [2.05, 4.69) is 78.8 Å². The molecule has 1 saturated heterocycles. The average molecular weight is 1390 g/mol. The number of rotatable bonds is 38. The van der Waals surface area contributed by atoms with Gasteiger partial charge in [-0.05, 0) is 86.7 Å². The van der Waals surface area contributed by atoms with Crippen molar-refractivity contribution in [2.24, 2.45) is 68.1 Å². The van der Waals surface area contributed by atoms with Crippen molar-refractivity contribution >= 4 is 106 Å². The number of nitrogens with one attached hydrogen (secondary N) is 13. The van der Waals surface area contributed by atoms with Gasteiger partial charge < -0.3 is 103 Å². The number of benzene rings is 1. The third kappa shape index (κ3) is 30.5. The van der Waals surface area contributed by atoms with Crippen molar-refractivity contribution in [1.29, 1.82) is 0 Å². The van der Waals surface area contributed by atoms with Gasteiger partial charge in [0.25, 0.3) is 0 Å². The molecule has 0 radical (unpaired) electrons. The Morgan fingerprint density at radius 1 is 0.596 bits per heavy atom. The maximum Gasteiger partial charge on any atom is 0.245 e. The van der Waals surface area contributed by atoms with Gasteiger partial charge in [0.2, 0.25) is 82.7 Å². The van der Waals surface area contributed by atoms with Crippen LogP contribution >= 0.6 is 0 Å². The second kappa shape index (κ2) is 41.9. The molecule has 14 amide bonds. The maximum atomic E-state index is 14.9. The van der Waals surface area contributed by atoms with Gasteiger partial charge in [0, 0.05) is 69.5 Å². The number of nitrogens with zero attached hydrogens (tertiary/aromatic N) is 2. The van der Waals surface area contributed by atoms with Crippen molar-refractivity contribution in [3.05, 3.63) is 36.0 Å². The Balaban J connectivity index is 2.06. The molecule has 25 N–H and O–H groups in total. The largest absolute Gasteiger partial charge is 0.370 e. The van der Waals surface area contributed by atoms with Crippen molar-refractivity contribution in [3.63, 3.8) is 0 Å². The molecule has 35 heteroatoms. The molecule has 1 aliphatic heterocycles. The van der Waals surface area contributed by atoms with Gasteiger partial charge in [0.15, 0.2) is 11.9 Å². The van der Waals surface area contributed by atoms with Crippen LogP contribution in [-0.2, 0) is 73.5 Å². The summed E-state index contributed by atoms with van der Waals surface area (Å²) < 4.78 is 0. The molecule has 2 heterocycles. The predicted octanol–water partition coefficient (Wildman–Crippen LogP) is -4.35. The molecule has 0 bridgehead atoms. The fourth-order valence-electron chi connectivity index (χ4n) is 10.6. The number of para-hydroxylation sites is 1. The topological polar surface area (TPSA) is 580 Å². The highest BCUT2D eigenvalue weighted by Crippen LogP contribution is 2.20. The van der Waals surface area contributed by atoms with Crippen LogP contribution in [0, 0.1) is 23.7 Å². The van der Waals surface area contributed by atoms with E-state index in [9.17, 15) is 67.1 Å². The summed E-state index contributed by atoms with van der Waals surface area (Å²) in [6, 6.07) is -6.97. The number of aromatic nitrogens is 1. The van der Waals surface area contributed by atoms with Gasteiger partial charge in [-0.15, -0.1) is 0 Å². The normalized spacial score (nSPS) is 18.1. The van der Waals surface area contributed by atoms with Crippen molar-refractivity contribution in [3.8, 4) is 0 Å². The minimum absolute atomic E-state index is 0.00719. The van der Waals surface area contributed by atoms with Gasteiger partial charge in [-0.2, -0.15) is 0 Å². The number of nitrogens with two attached hydrogens (primary N) is 6. The monoisotopic (exact) mass is 1390 g/mol. The van der Waals surface area contributed by atoms with Crippen molar-refractivity contribution < 1.29 is 67.1 Å². The molecule has 1 fully saturated rings. The van der Waals surface area contributed by atoms with Crippen molar-refractivity contribution in [1.82, 2.24) is 68.8 Å². The van der Waals surface area contributed by atoms with E-state index in [0.29, 0.717) is 6.42 Å². The molecule has 0 spiro atoms. The molecular weight excluding hydrogens is 1290 g/mol.